The van der Waals surface area contributed by atoms with E-state index >= 15 is 0 Å². The van der Waals surface area contributed by atoms with E-state index in [-0.39, 0.29) is 23.5 Å². The molecule has 0 N–H and O–H groups in total. The number of carbonyl (C=O) groups excluding carboxylic acids is 2. The zero-order valence-corrected chi connectivity index (χ0v) is 18.2. The summed E-state index contributed by atoms with van der Waals surface area (Å²) < 4.78 is 11.2. The normalized spacial score (nSPS) is 43.3. The van der Waals surface area contributed by atoms with Gasteiger partial charge in [-0.15, -0.1) is 6.58 Å². The molecule has 0 radical (unpaired) electrons. The highest BCUT2D eigenvalue weighted by Gasteiger charge is 2.59. The molecule has 7 atom stereocenters. The Bertz CT molecular complexity index is 724. The molecule has 3 fully saturated rings. The van der Waals surface area contributed by atoms with E-state index in [2.05, 4.69) is 25.7 Å². The minimum Gasteiger partial charge on any atom is -0.465 e. The summed E-state index contributed by atoms with van der Waals surface area (Å²) in [5.41, 5.74) is 1.67. The zero-order valence-electron chi connectivity index (χ0n) is 18.2. The highest BCUT2D eigenvalue weighted by Crippen LogP contribution is 2.66. The number of carbonyl (C=O) groups is 2. The fourth-order valence-electron chi connectivity index (χ4n) is 7.69. The van der Waals surface area contributed by atoms with E-state index in [9.17, 15) is 9.59 Å². The van der Waals surface area contributed by atoms with Gasteiger partial charge < -0.3 is 9.47 Å². The Morgan fingerprint density at radius 3 is 2.62 bits per heavy atom. The SMILES string of the molecule is C=C[C@H]1CC[C@H]2[C@@H]3CC=C4C[C@@H](OC(C)=O)CC[C@]4(COC(C)=O)[C@H]3CC[C@]12C. The molecule has 0 aromatic carbocycles. The number of esters is 2. The fourth-order valence-corrected chi connectivity index (χ4v) is 7.69. The second-order valence-electron chi connectivity index (χ2n) is 10.2. The second kappa shape index (κ2) is 7.59. The Kier molecular flexibility index (Phi) is 5.41. The van der Waals surface area contributed by atoms with E-state index in [1.165, 1.54) is 45.1 Å². The predicted octanol–water partition coefficient (Wildman–Crippen LogP) is 5.23. The third-order valence-corrected chi connectivity index (χ3v) is 9.01. The van der Waals surface area contributed by atoms with Gasteiger partial charge >= 0.3 is 11.9 Å². The maximum Gasteiger partial charge on any atom is 0.302 e. The van der Waals surface area contributed by atoms with Crippen molar-refractivity contribution in [2.24, 2.45) is 34.5 Å². The van der Waals surface area contributed by atoms with E-state index in [0.29, 0.717) is 29.8 Å². The van der Waals surface area contributed by atoms with E-state index in [4.69, 9.17) is 9.47 Å². The van der Waals surface area contributed by atoms with E-state index in [1.54, 1.807) is 0 Å². The Morgan fingerprint density at radius 2 is 1.93 bits per heavy atom. The van der Waals surface area contributed by atoms with Crippen LogP contribution in [0.4, 0.5) is 0 Å². The number of fused-ring (bicyclic) bond motifs is 5. The average molecular weight is 401 g/mol. The third-order valence-electron chi connectivity index (χ3n) is 9.01. The molecule has 0 aromatic heterocycles. The summed E-state index contributed by atoms with van der Waals surface area (Å²) in [6.45, 7) is 10.1. The van der Waals surface area contributed by atoms with Gasteiger partial charge in [-0.1, -0.05) is 24.6 Å². The largest absolute Gasteiger partial charge is 0.465 e. The van der Waals surface area contributed by atoms with Crippen LogP contribution in [0.25, 0.3) is 0 Å². The molecule has 0 amide bonds. The van der Waals surface area contributed by atoms with Gasteiger partial charge in [0.25, 0.3) is 0 Å². The van der Waals surface area contributed by atoms with Crippen LogP contribution < -0.4 is 0 Å². The first-order chi connectivity index (χ1) is 13.8. The standard InChI is InChI=1S/C25H36O4/c1-5-18-7-9-22-21-8-6-19-14-20(29-17(3)27)10-13-25(19,15-28-16(2)26)23(21)11-12-24(18,22)4/h5-6,18,20-23H,1,7-15H2,2-4H3/t18-,20-,21-,22-,23-,24+,25+/m0/s1. The summed E-state index contributed by atoms with van der Waals surface area (Å²) in [5, 5.41) is 0. The molecule has 0 bridgehead atoms. The molecule has 0 aromatic rings. The molecule has 0 spiro atoms. The monoisotopic (exact) mass is 400 g/mol. The van der Waals surface area contributed by atoms with Crippen LogP contribution in [0.2, 0.25) is 0 Å². The van der Waals surface area contributed by atoms with Crippen molar-refractivity contribution in [2.45, 2.75) is 78.2 Å². The Morgan fingerprint density at radius 1 is 1.14 bits per heavy atom. The molecule has 4 aliphatic carbocycles. The van der Waals surface area contributed by atoms with Gasteiger partial charge in [0.2, 0.25) is 0 Å². The van der Waals surface area contributed by atoms with Gasteiger partial charge in [-0.25, -0.2) is 0 Å². The van der Waals surface area contributed by atoms with Gasteiger partial charge in [-0.2, -0.15) is 0 Å². The van der Waals surface area contributed by atoms with Crippen molar-refractivity contribution in [3.05, 3.63) is 24.3 Å². The van der Waals surface area contributed by atoms with Gasteiger partial charge in [0.15, 0.2) is 0 Å². The summed E-state index contributed by atoms with van der Waals surface area (Å²) >= 11 is 0. The molecule has 4 rings (SSSR count). The van der Waals surface area contributed by atoms with Crippen molar-refractivity contribution in [2.75, 3.05) is 6.61 Å². The van der Waals surface area contributed by atoms with Crippen LogP contribution in [0.1, 0.15) is 72.1 Å². The average Bonchev–Trinajstić information content (AvgIpc) is 3.02. The van der Waals surface area contributed by atoms with Crippen LogP contribution in [0.3, 0.4) is 0 Å². The van der Waals surface area contributed by atoms with Crippen molar-refractivity contribution in [3.8, 4) is 0 Å². The Balaban J connectivity index is 1.65. The summed E-state index contributed by atoms with van der Waals surface area (Å²) in [7, 11) is 0. The maximum atomic E-state index is 11.7. The van der Waals surface area contributed by atoms with Crippen LogP contribution in [0.15, 0.2) is 24.3 Å². The molecule has 0 heterocycles. The smallest absolute Gasteiger partial charge is 0.302 e. The summed E-state index contributed by atoms with van der Waals surface area (Å²) in [4.78, 5) is 23.2. The number of allylic oxidation sites excluding steroid dienone is 2. The highest BCUT2D eigenvalue weighted by atomic mass is 16.5. The molecule has 0 unspecified atom stereocenters. The first-order valence-corrected chi connectivity index (χ1v) is 11.4. The number of ether oxygens (including phenoxy) is 2. The Hall–Kier alpha value is -1.58. The molecular formula is C25H36O4. The first-order valence-electron chi connectivity index (χ1n) is 11.4. The molecule has 4 aliphatic rings. The lowest BCUT2D eigenvalue weighted by Gasteiger charge is -2.58. The predicted molar refractivity (Wildman–Crippen MR) is 112 cm³/mol. The van der Waals surface area contributed by atoms with Crippen LogP contribution >= 0.6 is 0 Å². The topological polar surface area (TPSA) is 52.6 Å². The molecule has 4 heteroatoms. The van der Waals surface area contributed by atoms with E-state index in [1.807, 2.05) is 0 Å². The second-order valence-corrected chi connectivity index (χ2v) is 10.2. The van der Waals surface area contributed by atoms with Gasteiger partial charge in [0, 0.05) is 25.7 Å². The minimum atomic E-state index is -0.202. The molecule has 3 saturated carbocycles. The number of hydrogen-bond donors (Lipinski definition) is 0. The third kappa shape index (κ3) is 3.37. The van der Waals surface area contributed by atoms with Gasteiger partial charge in [0.05, 0.1) is 0 Å². The quantitative estimate of drug-likeness (QED) is 0.479. The summed E-state index contributed by atoms with van der Waals surface area (Å²) in [5.74, 6) is 2.17. The van der Waals surface area contributed by atoms with Crippen LogP contribution in [0.5, 0.6) is 0 Å². The molecule has 160 valence electrons. The zero-order chi connectivity index (χ0) is 20.8. The minimum absolute atomic E-state index is 0.0359. The number of rotatable bonds is 4. The lowest BCUT2D eigenvalue weighted by atomic mass is 9.47. The highest BCUT2D eigenvalue weighted by molar-refractivity contribution is 5.66. The molecule has 29 heavy (non-hydrogen) atoms. The maximum absolute atomic E-state index is 11.7. The van der Waals surface area contributed by atoms with E-state index in [0.717, 1.165) is 31.6 Å². The Labute approximate surface area is 175 Å². The van der Waals surface area contributed by atoms with Crippen LogP contribution in [-0.4, -0.2) is 24.6 Å². The van der Waals surface area contributed by atoms with Gasteiger partial charge in [-0.3, -0.25) is 9.59 Å². The lowest BCUT2D eigenvalue weighted by molar-refractivity contribution is -0.153. The van der Waals surface area contributed by atoms with Crippen molar-refractivity contribution in [1.29, 1.82) is 0 Å². The summed E-state index contributed by atoms with van der Waals surface area (Å²) in [6.07, 6.45) is 13.3. The lowest BCUT2D eigenvalue weighted by Crippen LogP contribution is -2.53. The van der Waals surface area contributed by atoms with Crippen molar-refractivity contribution < 1.29 is 19.1 Å². The van der Waals surface area contributed by atoms with Crippen molar-refractivity contribution >= 4 is 11.9 Å². The van der Waals surface area contributed by atoms with Gasteiger partial charge in [-0.05, 0) is 74.0 Å². The fraction of sp³-hybridized carbons (Fsp3) is 0.760. The van der Waals surface area contributed by atoms with Crippen molar-refractivity contribution in [1.82, 2.24) is 0 Å². The summed E-state index contributed by atoms with van der Waals surface area (Å²) in [6, 6.07) is 0. The first kappa shape index (κ1) is 20.7. The molecule has 0 saturated heterocycles. The van der Waals surface area contributed by atoms with Crippen LogP contribution in [-0.2, 0) is 19.1 Å². The molecular weight excluding hydrogens is 364 g/mol. The number of hydrogen-bond acceptors (Lipinski definition) is 4. The van der Waals surface area contributed by atoms with E-state index < -0.39 is 0 Å². The molecule has 0 aliphatic heterocycles. The van der Waals surface area contributed by atoms with Gasteiger partial charge in [0.1, 0.15) is 12.7 Å². The van der Waals surface area contributed by atoms with Crippen molar-refractivity contribution in [3.63, 3.8) is 0 Å². The molecule has 4 nitrogen and oxygen atoms in total. The van der Waals surface area contributed by atoms with Crippen LogP contribution in [0, 0.1) is 34.5 Å².